The molecule has 0 heterocycles. The maximum Gasteiger partial charge on any atom is 0.144 e. The Bertz CT molecular complexity index is 342. The van der Waals surface area contributed by atoms with Gasteiger partial charge >= 0.3 is 0 Å². The Kier molecular flexibility index (Phi) is 5.63. The Morgan fingerprint density at radius 3 is 2.82 bits per heavy atom. The Balaban J connectivity index is 2.61. The summed E-state index contributed by atoms with van der Waals surface area (Å²) in [5, 5.41) is 12.8. The first-order valence-corrected chi connectivity index (χ1v) is 6.12. The standard InChI is InChI=1S/C13H22N2O2/c1-3-6-10(16)9-15-11-7-5-8-12(13(11)14)17-4-2/h5,7-8,10,15-16H,3-4,6,9,14H2,1-2H3. The smallest absolute Gasteiger partial charge is 0.144 e. The lowest BCUT2D eigenvalue weighted by Gasteiger charge is -2.15. The molecule has 0 amide bonds. The van der Waals surface area contributed by atoms with E-state index in [4.69, 9.17) is 10.5 Å². The maximum atomic E-state index is 9.64. The lowest BCUT2D eigenvalue weighted by atomic mass is 10.2. The van der Waals surface area contributed by atoms with E-state index in [1.807, 2.05) is 32.0 Å². The highest BCUT2D eigenvalue weighted by Gasteiger charge is 2.07. The third-order valence-electron chi connectivity index (χ3n) is 2.52. The third-order valence-corrected chi connectivity index (χ3v) is 2.52. The van der Waals surface area contributed by atoms with Gasteiger partial charge in [-0.25, -0.2) is 0 Å². The average Bonchev–Trinajstić information content (AvgIpc) is 2.31. The summed E-state index contributed by atoms with van der Waals surface area (Å²) >= 11 is 0. The van der Waals surface area contributed by atoms with Crippen molar-refractivity contribution in [1.82, 2.24) is 0 Å². The first kappa shape index (κ1) is 13.6. The second-order valence-corrected chi connectivity index (χ2v) is 3.97. The largest absolute Gasteiger partial charge is 0.492 e. The van der Waals surface area contributed by atoms with Gasteiger partial charge in [0.2, 0.25) is 0 Å². The summed E-state index contributed by atoms with van der Waals surface area (Å²) in [5.74, 6) is 0.683. The van der Waals surface area contributed by atoms with Crippen LogP contribution in [0.4, 0.5) is 11.4 Å². The van der Waals surface area contributed by atoms with Gasteiger partial charge in [-0.3, -0.25) is 0 Å². The van der Waals surface area contributed by atoms with Crippen LogP contribution in [0.25, 0.3) is 0 Å². The molecule has 0 aliphatic rings. The van der Waals surface area contributed by atoms with Crippen molar-refractivity contribution in [3.8, 4) is 5.75 Å². The molecule has 1 atom stereocenters. The lowest BCUT2D eigenvalue weighted by Crippen LogP contribution is -2.19. The molecule has 0 spiro atoms. The molecule has 1 rings (SSSR count). The zero-order valence-corrected chi connectivity index (χ0v) is 10.6. The van der Waals surface area contributed by atoms with E-state index in [0.29, 0.717) is 24.6 Å². The van der Waals surface area contributed by atoms with E-state index in [9.17, 15) is 5.11 Å². The van der Waals surface area contributed by atoms with E-state index in [1.54, 1.807) is 0 Å². The zero-order valence-electron chi connectivity index (χ0n) is 10.6. The SMILES string of the molecule is CCCC(O)CNc1cccc(OCC)c1N. The third kappa shape index (κ3) is 4.15. The summed E-state index contributed by atoms with van der Waals surface area (Å²) in [4.78, 5) is 0. The number of rotatable bonds is 7. The van der Waals surface area contributed by atoms with Crippen molar-refractivity contribution in [3.63, 3.8) is 0 Å². The van der Waals surface area contributed by atoms with Crippen molar-refractivity contribution >= 4 is 11.4 Å². The molecule has 1 aromatic rings. The van der Waals surface area contributed by atoms with Gasteiger partial charge in [-0.05, 0) is 25.5 Å². The van der Waals surface area contributed by atoms with Gasteiger partial charge in [0.05, 0.1) is 24.1 Å². The molecule has 0 fully saturated rings. The molecule has 0 radical (unpaired) electrons. The van der Waals surface area contributed by atoms with Crippen LogP contribution < -0.4 is 15.8 Å². The van der Waals surface area contributed by atoms with Gasteiger partial charge in [-0.15, -0.1) is 0 Å². The summed E-state index contributed by atoms with van der Waals surface area (Å²) < 4.78 is 5.40. The molecule has 0 saturated carbocycles. The van der Waals surface area contributed by atoms with Gasteiger partial charge in [0, 0.05) is 6.54 Å². The quantitative estimate of drug-likeness (QED) is 0.637. The van der Waals surface area contributed by atoms with Crippen LogP contribution in [0.1, 0.15) is 26.7 Å². The van der Waals surface area contributed by atoms with Crippen LogP contribution in [0, 0.1) is 0 Å². The molecule has 0 saturated heterocycles. The predicted molar refractivity (Wildman–Crippen MR) is 71.4 cm³/mol. The second-order valence-electron chi connectivity index (χ2n) is 3.97. The summed E-state index contributed by atoms with van der Waals surface area (Å²) in [7, 11) is 0. The molecule has 1 aromatic carbocycles. The van der Waals surface area contributed by atoms with Gasteiger partial charge < -0.3 is 20.9 Å². The van der Waals surface area contributed by atoms with Crippen molar-refractivity contribution < 1.29 is 9.84 Å². The number of aliphatic hydroxyl groups excluding tert-OH is 1. The second kappa shape index (κ2) is 7.01. The number of anilines is 2. The van der Waals surface area contributed by atoms with E-state index >= 15 is 0 Å². The van der Waals surface area contributed by atoms with E-state index in [1.165, 1.54) is 0 Å². The summed E-state index contributed by atoms with van der Waals surface area (Å²) in [6, 6.07) is 5.61. The topological polar surface area (TPSA) is 67.5 Å². The Morgan fingerprint density at radius 2 is 2.18 bits per heavy atom. The fourth-order valence-corrected chi connectivity index (χ4v) is 1.64. The van der Waals surface area contributed by atoms with Crippen LogP contribution in [0.2, 0.25) is 0 Å². The van der Waals surface area contributed by atoms with Crippen molar-refractivity contribution in [2.75, 3.05) is 24.2 Å². The van der Waals surface area contributed by atoms with Crippen LogP contribution >= 0.6 is 0 Å². The molecule has 4 nitrogen and oxygen atoms in total. The van der Waals surface area contributed by atoms with Crippen LogP contribution in [-0.2, 0) is 0 Å². The minimum atomic E-state index is -0.338. The van der Waals surface area contributed by atoms with Crippen LogP contribution in [0.15, 0.2) is 18.2 Å². The highest BCUT2D eigenvalue weighted by Crippen LogP contribution is 2.29. The fourth-order valence-electron chi connectivity index (χ4n) is 1.64. The molecular formula is C13H22N2O2. The van der Waals surface area contributed by atoms with Crippen molar-refractivity contribution in [1.29, 1.82) is 0 Å². The number of nitrogen functional groups attached to an aromatic ring is 1. The summed E-state index contributed by atoms with van der Waals surface area (Å²) in [6.45, 7) is 5.07. The number of nitrogens with two attached hydrogens (primary N) is 1. The number of para-hydroxylation sites is 1. The number of benzene rings is 1. The maximum absolute atomic E-state index is 9.64. The predicted octanol–water partition coefficient (Wildman–Crippen LogP) is 2.24. The normalized spacial score (nSPS) is 12.2. The van der Waals surface area contributed by atoms with Gasteiger partial charge in [0.25, 0.3) is 0 Å². The highest BCUT2D eigenvalue weighted by molar-refractivity contribution is 5.72. The molecule has 0 aromatic heterocycles. The van der Waals surface area contributed by atoms with Gasteiger partial charge in [0.1, 0.15) is 5.75 Å². The van der Waals surface area contributed by atoms with Crippen LogP contribution in [-0.4, -0.2) is 24.4 Å². The van der Waals surface area contributed by atoms with E-state index in [0.717, 1.165) is 18.5 Å². The van der Waals surface area contributed by atoms with Gasteiger partial charge in [0.15, 0.2) is 0 Å². The molecule has 0 aliphatic carbocycles. The number of hydrogen-bond acceptors (Lipinski definition) is 4. The van der Waals surface area contributed by atoms with Gasteiger partial charge in [-0.1, -0.05) is 19.4 Å². The van der Waals surface area contributed by atoms with Crippen LogP contribution in [0.5, 0.6) is 5.75 Å². The monoisotopic (exact) mass is 238 g/mol. The Labute approximate surface area is 103 Å². The first-order chi connectivity index (χ1) is 8.19. The van der Waals surface area contributed by atoms with E-state index in [-0.39, 0.29) is 6.10 Å². The van der Waals surface area contributed by atoms with Gasteiger partial charge in [-0.2, -0.15) is 0 Å². The molecule has 4 N–H and O–H groups in total. The minimum absolute atomic E-state index is 0.338. The molecule has 4 heteroatoms. The number of ether oxygens (including phenoxy) is 1. The molecule has 0 bridgehead atoms. The fraction of sp³-hybridized carbons (Fsp3) is 0.538. The number of aliphatic hydroxyl groups is 1. The van der Waals surface area contributed by atoms with E-state index < -0.39 is 0 Å². The van der Waals surface area contributed by atoms with Crippen LogP contribution in [0.3, 0.4) is 0 Å². The Morgan fingerprint density at radius 1 is 1.41 bits per heavy atom. The minimum Gasteiger partial charge on any atom is -0.492 e. The average molecular weight is 238 g/mol. The summed E-state index contributed by atoms with van der Waals surface area (Å²) in [6.07, 6.45) is 1.42. The van der Waals surface area contributed by atoms with E-state index in [2.05, 4.69) is 5.32 Å². The highest BCUT2D eigenvalue weighted by atomic mass is 16.5. The van der Waals surface area contributed by atoms with Crippen molar-refractivity contribution in [2.45, 2.75) is 32.8 Å². The Hall–Kier alpha value is -1.42. The molecule has 0 aliphatic heterocycles. The zero-order chi connectivity index (χ0) is 12.7. The molecule has 96 valence electrons. The first-order valence-electron chi connectivity index (χ1n) is 6.12. The summed E-state index contributed by atoms with van der Waals surface area (Å²) in [5.41, 5.74) is 7.37. The molecular weight excluding hydrogens is 216 g/mol. The number of nitrogens with one attached hydrogen (secondary N) is 1. The lowest BCUT2D eigenvalue weighted by molar-refractivity contribution is 0.176. The van der Waals surface area contributed by atoms with Crippen molar-refractivity contribution in [3.05, 3.63) is 18.2 Å². The molecule has 1 unspecified atom stereocenters. The molecule has 17 heavy (non-hydrogen) atoms. The van der Waals surface area contributed by atoms with Crippen molar-refractivity contribution in [2.24, 2.45) is 0 Å². The number of hydrogen-bond donors (Lipinski definition) is 3.